The molecular formula is C21H20Cl2N4O2S. The summed E-state index contributed by atoms with van der Waals surface area (Å²) in [6, 6.07) is 16.2. The third kappa shape index (κ3) is 4.15. The maximum atomic E-state index is 13.3. The normalized spacial score (nSPS) is 11.3. The SMILES string of the molecule is CNCc1cn(S(=O)(=O)c2cccnc2)c2cc(Nc3ccccc3Cl)ccc12.Cl. The first kappa shape index (κ1) is 22.1. The molecule has 0 fully saturated rings. The van der Waals surface area contributed by atoms with Crippen LogP contribution < -0.4 is 10.6 Å². The molecule has 4 rings (SSSR count). The second kappa shape index (κ2) is 9.06. The van der Waals surface area contributed by atoms with Gasteiger partial charge in [0.05, 0.1) is 16.2 Å². The van der Waals surface area contributed by atoms with Crippen LogP contribution in [0.4, 0.5) is 11.4 Å². The summed E-state index contributed by atoms with van der Waals surface area (Å²) in [4.78, 5) is 4.09. The summed E-state index contributed by atoms with van der Waals surface area (Å²) >= 11 is 6.24. The number of pyridine rings is 1. The fourth-order valence-corrected chi connectivity index (χ4v) is 4.74. The number of nitrogens with one attached hydrogen (secondary N) is 2. The van der Waals surface area contributed by atoms with Gasteiger partial charge in [-0.05, 0) is 49.0 Å². The standard InChI is InChI=1S/C21H19ClN4O2S.ClH/c1-23-12-15-14-26(29(27,28)17-5-4-10-24-13-17)21-11-16(8-9-18(15)21)25-20-7-3-2-6-19(20)22;/h2-11,13-14,23,25H,12H2,1H3;1H. The maximum absolute atomic E-state index is 13.3. The summed E-state index contributed by atoms with van der Waals surface area (Å²) in [5, 5.41) is 7.79. The third-order valence-electron chi connectivity index (χ3n) is 4.57. The summed E-state index contributed by atoms with van der Waals surface area (Å²) in [6.45, 7) is 0.545. The van der Waals surface area contributed by atoms with Crippen LogP contribution >= 0.6 is 24.0 Å². The van der Waals surface area contributed by atoms with Gasteiger partial charge in [-0.1, -0.05) is 29.8 Å². The Balaban J connectivity index is 0.00000256. The molecule has 9 heteroatoms. The molecule has 0 amide bonds. The van der Waals surface area contributed by atoms with Gasteiger partial charge in [0.2, 0.25) is 0 Å². The number of nitrogens with zero attached hydrogens (tertiary/aromatic N) is 2. The first-order valence-corrected chi connectivity index (χ1v) is 10.8. The number of rotatable bonds is 6. The van der Waals surface area contributed by atoms with Gasteiger partial charge in [0.1, 0.15) is 4.90 Å². The van der Waals surface area contributed by atoms with Crippen LogP contribution in [0.2, 0.25) is 5.02 Å². The monoisotopic (exact) mass is 462 g/mol. The molecule has 0 spiro atoms. The molecule has 0 atom stereocenters. The van der Waals surface area contributed by atoms with E-state index in [4.69, 9.17) is 11.6 Å². The molecule has 0 aliphatic heterocycles. The Morgan fingerprint density at radius 2 is 1.90 bits per heavy atom. The second-order valence-electron chi connectivity index (χ2n) is 6.51. The zero-order valence-corrected chi connectivity index (χ0v) is 18.4. The number of anilines is 2. The van der Waals surface area contributed by atoms with E-state index in [1.54, 1.807) is 24.5 Å². The Morgan fingerprint density at radius 1 is 1.10 bits per heavy atom. The predicted octanol–water partition coefficient (Wildman–Crippen LogP) is 4.81. The lowest BCUT2D eigenvalue weighted by molar-refractivity contribution is 0.588. The summed E-state index contributed by atoms with van der Waals surface area (Å²) < 4.78 is 27.8. The first-order valence-electron chi connectivity index (χ1n) is 8.96. The second-order valence-corrected chi connectivity index (χ2v) is 8.73. The minimum Gasteiger partial charge on any atom is -0.354 e. The van der Waals surface area contributed by atoms with Crippen molar-refractivity contribution in [3.63, 3.8) is 0 Å². The van der Waals surface area contributed by atoms with Crippen LogP contribution in [0.15, 0.2) is 78.1 Å². The van der Waals surface area contributed by atoms with Crippen LogP contribution in [0.5, 0.6) is 0 Å². The van der Waals surface area contributed by atoms with Crippen molar-refractivity contribution in [2.45, 2.75) is 11.4 Å². The highest BCUT2D eigenvalue weighted by atomic mass is 35.5. The van der Waals surface area contributed by atoms with Crippen LogP contribution in [0.3, 0.4) is 0 Å². The molecule has 0 bridgehead atoms. The van der Waals surface area contributed by atoms with E-state index in [0.29, 0.717) is 17.1 Å². The van der Waals surface area contributed by atoms with Crippen LogP contribution in [-0.2, 0) is 16.6 Å². The van der Waals surface area contributed by atoms with Crippen molar-refractivity contribution in [3.8, 4) is 0 Å². The van der Waals surface area contributed by atoms with E-state index in [9.17, 15) is 8.42 Å². The molecule has 0 saturated carbocycles. The van der Waals surface area contributed by atoms with Gasteiger partial charge in [-0.3, -0.25) is 4.98 Å². The average Bonchev–Trinajstić information content (AvgIpc) is 3.09. The zero-order valence-electron chi connectivity index (χ0n) is 16.0. The summed E-state index contributed by atoms with van der Waals surface area (Å²) in [5.41, 5.74) is 2.95. The molecule has 0 aliphatic rings. The topological polar surface area (TPSA) is 76.0 Å². The number of fused-ring (bicyclic) bond motifs is 1. The predicted molar refractivity (Wildman–Crippen MR) is 124 cm³/mol. The lowest BCUT2D eigenvalue weighted by Gasteiger charge is -2.10. The van der Waals surface area contributed by atoms with E-state index < -0.39 is 10.0 Å². The Labute approximate surface area is 186 Å². The Morgan fingerprint density at radius 3 is 2.60 bits per heavy atom. The van der Waals surface area contributed by atoms with E-state index in [1.807, 2.05) is 43.4 Å². The maximum Gasteiger partial charge on any atom is 0.269 e. The number of para-hydroxylation sites is 1. The van der Waals surface area contributed by atoms with Crippen molar-refractivity contribution in [1.82, 2.24) is 14.3 Å². The van der Waals surface area contributed by atoms with Gasteiger partial charge >= 0.3 is 0 Å². The summed E-state index contributed by atoms with van der Waals surface area (Å²) in [7, 11) is -1.96. The number of hydrogen-bond acceptors (Lipinski definition) is 5. The molecule has 0 radical (unpaired) electrons. The molecule has 2 aromatic carbocycles. The van der Waals surface area contributed by atoms with Gasteiger partial charge in [-0.25, -0.2) is 12.4 Å². The zero-order chi connectivity index (χ0) is 20.4. The molecule has 2 N–H and O–H groups in total. The summed E-state index contributed by atoms with van der Waals surface area (Å²) in [5.74, 6) is 0. The van der Waals surface area contributed by atoms with E-state index in [-0.39, 0.29) is 17.3 Å². The molecule has 2 heterocycles. The molecule has 4 aromatic rings. The number of halogens is 2. The van der Waals surface area contributed by atoms with Crippen molar-refractivity contribution in [3.05, 3.63) is 83.8 Å². The van der Waals surface area contributed by atoms with Gasteiger partial charge in [-0.2, -0.15) is 0 Å². The van der Waals surface area contributed by atoms with Crippen molar-refractivity contribution in [2.24, 2.45) is 0 Å². The van der Waals surface area contributed by atoms with Crippen LogP contribution in [-0.4, -0.2) is 24.4 Å². The minimum atomic E-state index is -3.79. The highest BCUT2D eigenvalue weighted by molar-refractivity contribution is 7.90. The lowest BCUT2D eigenvalue weighted by atomic mass is 10.1. The molecule has 6 nitrogen and oxygen atoms in total. The first-order chi connectivity index (χ1) is 14.0. The Hall–Kier alpha value is -2.58. The average molecular weight is 463 g/mol. The van der Waals surface area contributed by atoms with E-state index in [2.05, 4.69) is 15.6 Å². The van der Waals surface area contributed by atoms with Crippen LogP contribution in [0, 0.1) is 0 Å². The third-order valence-corrected chi connectivity index (χ3v) is 6.55. The van der Waals surface area contributed by atoms with Gasteiger partial charge in [0, 0.05) is 36.2 Å². The molecular weight excluding hydrogens is 443 g/mol. The number of hydrogen-bond donors (Lipinski definition) is 2. The molecule has 0 unspecified atom stereocenters. The minimum absolute atomic E-state index is 0. The van der Waals surface area contributed by atoms with Crippen molar-refractivity contribution in [2.75, 3.05) is 12.4 Å². The Kier molecular flexibility index (Phi) is 6.67. The van der Waals surface area contributed by atoms with Gasteiger partial charge in [0.15, 0.2) is 0 Å². The Bertz CT molecular complexity index is 1270. The summed E-state index contributed by atoms with van der Waals surface area (Å²) in [6.07, 6.45) is 4.55. The van der Waals surface area contributed by atoms with Crippen molar-refractivity contribution < 1.29 is 8.42 Å². The molecule has 30 heavy (non-hydrogen) atoms. The highest BCUT2D eigenvalue weighted by Crippen LogP contribution is 2.31. The molecule has 0 saturated heterocycles. The quantitative estimate of drug-likeness (QED) is 0.429. The molecule has 0 aliphatic carbocycles. The molecule has 156 valence electrons. The van der Waals surface area contributed by atoms with Crippen molar-refractivity contribution >= 4 is 56.3 Å². The number of benzene rings is 2. The molecule has 2 aromatic heterocycles. The lowest BCUT2D eigenvalue weighted by Crippen LogP contribution is -2.12. The largest absolute Gasteiger partial charge is 0.354 e. The van der Waals surface area contributed by atoms with Crippen molar-refractivity contribution in [1.29, 1.82) is 0 Å². The van der Waals surface area contributed by atoms with Gasteiger partial charge in [0.25, 0.3) is 10.0 Å². The highest BCUT2D eigenvalue weighted by Gasteiger charge is 2.21. The van der Waals surface area contributed by atoms with Gasteiger partial charge < -0.3 is 10.6 Å². The van der Waals surface area contributed by atoms with E-state index in [1.165, 1.54) is 16.2 Å². The number of aromatic nitrogens is 2. The van der Waals surface area contributed by atoms with Crippen LogP contribution in [0.1, 0.15) is 5.56 Å². The smallest absolute Gasteiger partial charge is 0.269 e. The van der Waals surface area contributed by atoms with Crippen LogP contribution in [0.25, 0.3) is 10.9 Å². The van der Waals surface area contributed by atoms with E-state index in [0.717, 1.165) is 22.3 Å². The van der Waals surface area contributed by atoms with E-state index >= 15 is 0 Å². The van der Waals surface area contributed by atoms with Gasteiger partial charge in [-0.15, -0.1) is 12.4 Å². The fourth-order valence-electron chi connectivity index (χ4n) is 3.21. The fraction of sp³-hybridized carbons (Fsp3) is 0.0952.